The van der Waals surface area contributed by atoms with Crippen LogP contribution in [0, 0.1) is 5.82 Å². The van der Waals surface area contributed by atoms with E-state index < -0.39 is 29.2 Å². The average molecular weight is 546 g/mol. The Bertz CT molecular complexity index is 1300. The van der Waals surface area contributed by atoms with E-state index in [1.54, 1.807) is 0 Å². The van der Waals surface area contributed by atoms with Gasteiger partial charge < -0.3 is 20.1 Å². The van der Waals surface area contributed by atoms with E-state index in [1.165, 1.54) is 4.57 Å². The van der Waals surface area contributed by atoms with Gasteiger partial charge in [0.05, 0.1) is 16.9 Å². The van der Waals surface area contributed by atoms with Gasteiger partial charge in [-0.3, -0.25) is 9.59 Å². The van der Waals surface area contributed by atoms with Gasteiger partial charge in [-0.05, 0) is 40.5 Å². The highest BCUT2D eigenvalue weighted by molar-refractivity contribution is 9.10. The number of hydrogen-bond acceptors (Lipinski definition) is 6. The first-order chi connectivity index (χ1) is 16.1. The van der Waals surface area contributed by atoms with Gasteiger partial charge in [-0.2, -0.15) is 22.7 Å². The number of hydrogen-bond donors (Lipinski definition) is 2. The quantitative estimate of drug-likeness (QED) is 0.478. The number of amides is 1. The fourth-order valence-corrected chi connectivity index (χ4v) is 4.24. The molecule has 0 saturated carbocycles. The van der Waals surface area contributed by atoms with Crippen molar-refractivity contribution in [2.45, 2.75) is 26.1 Å². The van der Waals surface area contributed by atoms with Gasteiger partial charge in [-0.25, -0.2) is 4.39 Å². The summed E-state index contributed by atoms with van der Waals surface area (Å²) in [5, 5.41) is 9.60. The predicted molar refractivity (Wildman–Crippen MR) is 119 cm³/mol. The van der Waals surface area contributed by atoms with Crippen LogP contribution in [0.25, 0.3) is 5.78 Å². The molecular weight excluding hydrogens is 526 g/mol. The Hall–Kier alpha value is -3.00. The summed E-state index contributed by atoms with van der Waals surface area (Å²) in [6.07, 6.45) is -4.32. The van der Waals surface area contributed by atoms with E-state index in [0.717, 1.165) is 10.6 Å². The fraction of sp³-hybridized carbons (Fsp3) is 0.400. The molecule has 0 unspecified atom stereocenters. The van der Waals surface area contributed by atoms with Crippen LogP contribution >= 0.6 is 15.9 Å². The Morgan fingerprint density at radius 3 is 2.59 bits per heavy atom. The molecule has 0 radical (unpaired) electrons. The van der Waals surface area contributed by atoms with E-state index in [-0.39, 0.29) is 22.6 Å². The molecule has 0 atom stereocenters. The number of halogens is 5. The number of alkyl halides is 3. The van der Waals surface area contributed by atoms with Gasteiger partial charge in [0.1, 0.15) is 18.0 Å². The molecule has 0 bridgehead atoms. The predicted octanol–water partition coefficient (Wildman–Crippen LogP) is 2.42. The third kappa shape index (κ3) is 4.64. The van der Waals surface area contributed by atoms with Crippen LogP contribution in [0.2, 0.25) is 0 Å². The van der Waals surface area contributed by atoms with Gasteiger partial charge in [-0.15, -0.1) is 5.10 Å². The number of rotatable bonds is 5. The first kappa shape index (κ1) is 24.1. The van der Waals surface area contributed by atoms with E-state index in [4.69, 9.17) is 0 Å². The Kier molecular flexibility index (Phi) is 6.62. The molecule has 3 heterocycles. The minimum atomic E-state index is -4.71. The standard InChI is InChI=1S/C20H20BrF4N7O2/c1-2-14-16(30-7-5-26-6-8-30)17(34)32-19(28-18(21)29-32)31(14)10-15(33)27-13-4-3-11(9-12(13)22)20(23,24)25/h3-4,9,26H,2,5-8,10H2,1H3,(H,27,33). The molecule has 1 amide bonds. The Morgan fingerprint density at radius 2 is 1.97 bits per heavy atom. The lowest BCUT2D eigenvalue weighted by molar-refractivity contribution is -0.137. The van der Waals surface area contributed by atoms with E-state index in [0.29, 0.717) is 56.1 Å². The molecule has 1 aromatic carbocycles. The van der Waals surface area contributed by atoms with Crippen molar-refractivity contribution in [2.24, 2.45) is 0 Å². The molecular formula is C20H20BrF4N7O2. The molecule has 3 aromatic rings. The number of anilines is 2. The van der Waals surface area contributed by atoms with Gasteiger partial charge in [0.2, 0.25) is 16.4 Å². The summed E-state index contributed by atoms with van der Waals surface area (Å²) in [6, 6.07) is 1.87. The number of piperazine rings is 1. The number of aromatic nitrogens is 4. The van der Waals surface area contributed by atoms with Gasteiger partial charge in [0.15, 0.2) is 0 Å². The summed E-state index contributed by atoms with van der Waals surface area (Å²) < 4.78 is 55.4. The molecule has 4 rings (SSSR count). The van der Waals surface area contributed by atoms with Crippen LogP contribution in [0.5, 0.6) is 0 Å². The lowest BCUT2D eigenvalue weighted by Gasteiger charge is -2.31. The highest BCUT2D eigenvalue weighted by Crippen LogP contribution is 2.31. The Morgan fingerprint density at radius 1 is 1.26 bits per heavy atom. The molecule has 2 aromatic heterocycles. The average Bonchev–Trinajstić information content (AvgIpc) is 3.18. The number of carbonyl (C=O) groups is 1. The van der Waals surface area contributed by atoms with Crippen LogP contribution in [-0.4, -0.2) is 51.3 Å². The second-order valence-electron chi connectivity index (χ2n) is 7.61. The van der Waals surface area contributed by atoms with Crippen LogP contribution in [0.15, 0.2) is 27.7 Å². The second kappa shape index (κ2) is 9.33. The van der Waals surface area contributed by atoms with Crippen molar-refractivity contribution in [1.29, 1.82) is 0 Å². The van der Waals surface area contributed by atoms with Gasteiger partial charge in [0, 0.05) is 26.2 Å². The number of benzene rings is 1. The van der Waals surface area contributed by atoms with Crippen molar-refractivity contribution in [2.75, 3.05) is 36.4 Å². The Balaban J connectivity index is 1.72. The SMILES string of the molecule is CCc1c(N2CCNCC2)c(=O)n2nc(Br)nc2n1CC(=O)Nc1ccc(C(F)(F)F)cc1F. The summed E-state index contributed by atoms with van der Waals surface area (Å²) >= 11 is 3.15. The molecule has 0 aliphatic carbocycles. The zero-order chi connectivity index (χ0) is 24.6. The van der Waals surface area contributed by atoms with E-state index in [1.807, 2.05) is 11.8 Å². The maximum atomic E-state index is 14.2. The van der Waals surface area contributed by atoms with Crippen LogP contribution in [-0.2, 0) is 23.9 Å². The highest BCUT2D eigenvalue weighted by atomic mass is 79.9. The minimum absolute atomic E-state index is 0.107. The molecule has 14 heteroatoms. The van der Waals surface area contributed by atoms with Crippen LogP contribution in [0.1, 0.15) is 18.2 Å². The minimum Gasteiger partial charge on any atom is -0.363 e. The number of carbonyl (C=O) groups excluding carboxylic acids is 1. The summed E-state index contributed by atoms with van der Waals surface area (Å²) in [5.41, 5.74) is -0.993. The maximum absolute atomic E-state index is 14.2. The number of nitrogens with one attached hydrogen (secondary N) is 2. The smallest absolute Gasteiger partial charge is 0.363 e. The van der Waals surface area contributed by atoms with Crippen molar-refractivity contribution >= 4 is 39.0 Å². The molecule has 1 fully saturated rings. The molecule has 1 aliphatic heterocycles. The van der Waals surface area contributed by atoms with Crippen molar-refractivity contribution in [3.8, 4) is 0 Å². The highest BCUT2D eigenvalue weighted by Gasteiger charge is 2.31. The van der Waals surface area contributed by atoms with Crippen LogP contribution in [0.4, 0.5) is 28.9 Å². The first-order valence-electron chi connectivity index (χ1n) is 10.4. The largest absolute Gasteiger partial charge is 0.416 e. The fourth-order valence-electron chi connectivity index (χ4n) is 3.92. The lowest BCUT2D eigenvalue weighted by Crippen LogP contribution is -2.47. The molecule has 182 valence electrons. The summed E-state index contributed by atoms with van der Waals surface area (Å²) in [6.45, 7) is 3.97. The lowest BCUT2D eigenvalue weighted by atomic mass is 10.2. The third-order valence-electron chi connectivity index (χ3n) is 5.44. The van der Waals surface area contributed by atoms with E-state index >= 15 is 0 Å². The normalized spacial score (nSPS) is 14.6. The van der Waals surface area contributed by atoms with Gasteiger partial charge in [0.25, 0.3) is 5.56 Å². The third-order valence-corrected chi connectivity index (χ3v) is 5.78. The molecule has 1 saturated heterocycles. The first-order valence-corrected chi connectivity index (χ1v) is 11.2. The second-order valence-corrected chi connectivity index (χ2v) is 8.32. The molecule has 9 nitrogen and oxygen atoms in total. The molecule has 34 heavy (non-hydrogen) atoms. The van der Waals surface area contributed by atoms with Crippen LogP contribution in [0.3, 0.4) is 0 Å². The molecule has 0 spiro atoms. The molecule has 1 aliphatic rings. The van der Waals surface area contributed by atoms with Crippen molar-refractivity contribution in [3.63, 3.8) is 0 Å². The van der Waals surface area contributed by atoms with Crippen molar-refractivity contribution in [3.05, 3.63) is 50.4 Å². The molecule has 2 N–H and O–H groups in total. The van der Waals surface area contributed by atoms with E-state index in [2.05, 4.69) is 36.6 Å². The maximum Gasteiger partial charge on any atom is 0.416 e. The van der Waals surface area contributed by atoms with Crippen LogP contribution < -0.4 is 21.1 Å². The topological polar surface area (TPSA) is 96.6 Å². The van der Waals surface area contributed by atoms with Gasteiger partial charge >= 0.3 is 6.18 Å². The van der Waals surface area contributed by atoms with Gasteiger partial charge in [-0.1, -0.05) is 6.92 Å². The number of nitrogens with zero attached hydrogens (tertiary/aromatic N) is 5. The number of fused-ring (bicyclic) bond motifs is 1. The Labute approximate surface area is 198 Å². The summed E-state index contributed by atoms with van der Waals surface area (Å²) in [5.74, 6) is -1.81. The zero-order valence-electron chi connectivity index (χ0n) is 17.9. The van der Waals surface area contributed by atoms with E-state index in [9.17, 15) is 27.2 Å². The zero-order valence-corrected chi connectivity index (χ0v) is 19.5. The van der Waals surface area contributed by atoms with Crippen molar-refractivity contribution in [1.82, 2.24) is 24.5 Å². The van der Waals surface area contributed by atoms with Crippen molar-refractivity contribution < 1.29 is 22.4 Å². The monoisotopic (exact) mass is 545 g/mol. The summed E-state index contributed by atoms with van der Waals surface area (Å²) in [4.78, 5) is 32.2. The summed E-state index contributed by atoms with van der Waals surface area (Å²) in [7, 11) is 0.